The number of hydrogen-bond donors (Lipinski definition) is 0. The molecule has 2 heterocycles. The zero-order valence-corrected chi connectivity index (χ0v) is 18.1. The molecule has 1 atom stereocenters. The van der Waals surface area contributed by atoms with Crippen LogP contribution in [0.2, 0.25) is 0 Å². The van der Waals surface area contributed by atoms with E-state index in [1.54, 1.807) is 18.4 Å². The van der Waals surface area contributed by atoms with Crippen molar-refractivity contribution in [1.82, 2.24) is 9.88 Å². The van der Waals surface area contributed by atoms with E-state index < -0.39 is 0 Å². The number of methoxy groups -OCH3 is 1. The van der Waals surface area contributed by atoms with Gasteiger partial charge in [-0.25, -0.2) is 0 Å². The molecule has 0 saturated carbocycles. The molecule has 2 aromatic rings. The normalized spacial score (nSPS) is 12.4. The van der Waals surface area contributed by atoms with Crippen LogP contribution in [0.15, 0.2) is 36.0 Å². The van der Waals surface area contributed by atoms with Crippen molar-refractivity contribution in [2.75, 3.05) is 13.7 Å². The van der Waals surface area contributed by atoms with Crippen molar-refractivity contribution >= 4 is 11.3 Å². The van der Waals surface area contributed by atoms with Crippen LogP contribution in [0, 0.1) is 0 Å². The fourth-order valence-corrected chi connectivity index (χ4v) is 4.35. The van der Waals surface area contributed by atoms with Crippen molar-refractivity contribution in [3.8, 4) is 5.75 Å². The molecule has 150 valence electrons. The summed E-state index contributed by atoms with van der Waals surface area (Å²) in [5.41, 5.74) is 1.31. The van der Waals surface area contributed by atoms with Gasteiger partial charge in [-0.2, -0.15) is 0 Å². The van der Waals surface area contributed by atoms with E-state index in [0.717, 1.165) is 25.3 Å². The van der Waals surface area contributed by atoms with Crippen LogP contribution in [0.25, 0.3) is 0 Å². The second kappa shape index (κ2) is 12.9. The largest absolute Gasteiger partial charge is 0.496 e. The second-order valence-electron chi connectivity index (χ2n) is 7.40. The summed E-state index contributed by atoms with van der Waals surface area (Å²) in [7, 11) is 1.77. The van der Waals surface area contributed by atoms with Gasteiger partial charge in [0.15, 0.2) is 0 Å². The molecule has 27 heavy (non-hydrogen) atoms. The minimum Gasteiger partial charge on any atom is -0.496 e. The third-order valence-electron chi connectivity index (χ3n) is 5.28. The average Bonchev–Trinajstić information content (AvgIpc) is 3.15. The number of unbranched alkanes of at least 4 members (excludes halogenated alkanes) is 5. The van der Waals surface area contributed by atoms with Gasteiger partial charge in [0.25, 0.3) is 0 Å². The Balaban J connectivity index is 1.89. The molecule has 0 radical (unpaired) electrons. The summed E-state index contributed by atoms with van der Waals surface area (Å²) in [4.78, 5) is 8.21. The summed E-state index contributed by atoms with van der Waals surface area (Å²) < 4.78 is 5.54. The van der Waals surface area contributed by atoms with Gasteiger partial charge in [0, 0.05) is 31.5 Å². The molecule has 0 amide bonds. The lowest BCUT2D eigenvalue weighted by Gasteiger charge is -2.29. The van der Waals surface area contributed by atoms with Crippen molar-refractivity contribution in [2.24, 2.45) is 0 Å². The maximum atomic E-state index is 5.54. The Bertz CT molecular complexity index is 614. The molecule has 0 N–H and O–H groups in total. The molecular weight excluding hydrogens is 352 g/mol. The highest BCUT2D eigenvalue weighted by molar-refractivity contribution is 7.10. The standard InChI is InChI=1S/C23H36N2OS/c1-4-5-6-7-8-9-11-20(2)25(16-13-21-12-10-15-24-18-21)19-23-22(26-3)14-17-27-23/h10,12,14-15,17-18,20H,4-9,11,13,16,19H2,1-3H3. The zero-order chi connectivity index (χ0) is 19.3. The molecule has 0 spiro atoms. The van der Waals surface area contributed by atoms with Gasteiger partial charge in [0.05, 0.1) is 12.0 Å². The van der Waals surface area contributed by atoms with E-state index in [0.29, 0.717) is 6.04 Å². The number of thiophene rings is 1. The summed E-state index contributed by atoms with van der Waals surface area (Å²) in [6.07, 6.45) is 14.3. The minimum absolute atomic E-state index is 0.583. The van der Waals surface area contributed by atoms with E-state index in [1.165, 1.54) is 55.4 Å². The molecule has 0 aliphatic carbocycles. The molecular formula is C23H36N2OS. The van der Waals surface area contributed by atoms with Crippen molar-refractivity contribution in [2.45, 2.75) is 77.8 Å². The van der Waals surface area contributed by atoms with Crippen LogP contribution in [0.4, 0.5) is 0 Å². The summed E-state index contributed by atoms with van der Waals surface area (Å²) in [6, 6.07) is 6.87. The van der Waals surface area contributed by atoms with Crippen LogP contribution < -0.4 is 4.74 Å². The van der Waals surface area contributed by atoms with Gasteiger partial charge >= 0.3 is 0 Å². The van der Waals surface area contributed by atoms with Crippen LogP contribution in [0.5, 0.6) is 5.75 Å². The molecule has 1 unspecified atom stereocenters. The van der Waals surface area contributed by atoms with Crippen LogP contribution >= 0.6 is 11.3 Å². The Morgan fingerprint density at radius 2 is 1.96 bits per heavy atom. The number of pyridine rings is 1. The smallest absolute Gasteiger partial charge is 0.134 e. The summed E-state index contributed by atoms with van der Waals surface area (Å²) in [6.45, 7) is 6.69. The maximum absolute atomic E-state index is 5.54. The fraction of sp³-hybridized carbons (Fsp3) is 0.609. The lowest BCUT2D eigenvalue weighted by Crippen LogP contribution is -2.34. The number of rotatable bonds is 14. The van der Waals surface area contributed by atoms with E-state index in [4.69, 9.17) is 4.74 Å². The van der Waals surface area contributed by atoms with Gasteiger partial charge in [0.1, 0.15) is 5.75 Å². The average molecular weight is 389 g/mol. The monoisotopic (exact) mass is 388 g/mol. The Kier molecular flexibility index (Phi) is 10.5. The van der Waals surface area contributed by atoms with Gasteiger partial charge in [0.2, 0.25) is 0 Å². The molecule has 2 aromatic heterocycles. The van der Waals surface area contributed by atoms with Crippen LogP contribution in [-0.4, -0.2) is 29.6 Å². The molecule has 0 bridgehead atoms. The maximum Gasteiger partial charge on any atom is 0.134 e. The quantitative estimate of drug-likeness (QED) is 0.353. The molecule has 3 nitrogen and oxygen atoms in total. The molecule has 0 fully saturated rings. The molecule has 0 saturated heterocycles. The van der Waals surface area contributed by atoms with Gasteiger partial charge in [-0.05, 0) is 42.8 Å². The topological polar surface area (TPSA) is 25.4 Å². The van der Waals surface area contributed by atoms with E-state index in [-0.39, 0.29) is 0 Å². The first-order chi connectivity index (χ1) is 13.2. The van der Waals surface area contributed by atoms with Crippen molar-refractivity contribution in [3.05, 3.63) is 46.4 Å². The van der Waals surface area contributed by atoms with Gasteiger partial charge in [-0.3, -0.25) is 9.88 Å². The zero-order valence-electron chi connectivity index (χ0n) is 17.3. The summed E-state index contributed by atoms with van der Waals surface area (Å²) in [5.74, 6) is 1.03. The first kappa shape index (κ1) is 21.9. The van der Waals surface area contributed by atoms with Crippen LogP contribution in [0.3, 0.4) is 0 Å². The number of aromatic nitrogens is 1. The highest BCUT2D eigenvalue weighted by Crippen LogP contribution is 2.27. The highest BCUT2D eigenvalue weighted by Gasteiger charge is 2.17. The first-order valence-electron chi connectivity index (χ1n) is 10.5. The van der Waals surface area contributed by atoms with Crippen LogP contribution in [0.1, 0.15) is 69.2 Å². The first-order valence-corrected chi connectivity index (χ1v) is 11.4. The molecule has 2 rings (SSSR count). The van der Waals surface area contributed by atoms with Crippen molar-refractivity contribution < 1.29 is 4.74 Å². The molecule has 0 aliphatic rings. The minimum atomic E-state index is 0.583. The lowest BCUT2D eigenvalue weighted by atomic mass is 10.0. The second-order valence-corrected chi connectivity index (χ2v) is 8.40. The lowest BCUT2D eigenvalue weighted by molar-refractivity contribution is 0.189. The van der Waals surface area contributed by atoms with Crippen LogP contribution in [-0.2, 0) is 13.0 Å². The summed E-state index contributed by atoms with van der Waals surface area (Å²) >= 11 is 1.80. The van der Waals surface area contributed by atoms with Gasteiger partial charge < -0.3 is 4.74 Å². The van der Waals surface area contributed by atoms with Crippen molar-refractivity contribution in [3.63, 3.8) is 0 Å². The SMILES string of the molecule is CCCCCCCCC(C)N(CCc1cccnc1)Cc1sccc1OC. The predicted molar refractivity (Wildman–Crippen MR) is 117 cm³/mol. The Morgan fingerprint density at radius 1 is 1.15 bits per heavy atom. The van der Waals surface area contributed by atoms with E-state index >= 15 is 0 Å². The Hall–Kier alpha value is -1.39. The molecule has 4 heteroatoms. The van der Waals surface area contributed by atoms with E-state index in [1.807, 2.05) is 18.5 Å². The van der Waals surface area contributed by atoms with Gasteiger partial charge in [-0.1, -0.05) is 51.5 Å². The highest BCUT2D eigenvalue weighted by atomic mass is 32.1. The number of hydrogen-bond acceptors (Lipinski definition) is 4. The predicted octanol–water partition coefficient (Wildman–Crippen LogP) is 6.34. The molecule has 0 aromatic carbocycles. The van der Waals surface area contributed by atoms with Crippen molar-refractivity contribution in [1.29, 1.82) is 0 Å². The molecule has 0 aliphatic heterocycles. The third kappa shape index (κ3) is 8.02. The third-order valence-corrected chi connectivity index (χ3v) is 6.17. The fourth-order valence-electron chi connectivity index (χ4n) is 3.49. The number of nitrogens with zero attached hydrogens (tertiary/aromatic N) is 2. The number of ether oxygens (including phenoxy) is 1. The summed E-state index contributed by atoms with van der Waals surface area (Å²) in [5, 5.41) is 2.13. The Labute approximate surface area is 169 Å². The van der Waals surface area contributed by atoms with Gasteiger partial charge in [-0.15, -0.1) is 11.3 Å². The Morgan fingerprint density at radius 3 is 2.70 bits per heavy atom. The van der Waals surface area contributed by atoms with E-state index in [2.05, 4.69) is 41.2 Å². The van der Waals surface area contributed by atoms with E-state index in [9.17, 15) is 0 Å².